The molecule has 6 heteroatoms. The topological polar surface area (TPSA) is 55.6 Å². The predicted octanol–water partition coefficient (Wildman–Crippen LogP) is 3.73. The van der Waals surface area contributed by atoms with E-state index >= 15 is 0 Å². The van der Waals surface area contributed by atoms with E-state index in [1.807, 2.05) is 27.7 Å². The Hall–Kier alpha value is -1.33. The second-order valence-corrected chi connectivity index (χ2v) is 6.95. The molecule has 1 aromatic rings. The summed E-state index contributed by atoms with van der Waals surface area (Å²) < 4.78 is 6.07. The lowest BCUT2D eigenvalue weighted by Crippen LogP contribution is -2.57. The van der Waals surface area contributed by atoms with Crippen LogP contribution in [0.1, 0.15) is 33.3 Å². The van der Waals surface area contributed by atoms with E-state index in [1.54, 1.807) is 12.1 Å². The molecule has 0 atom stereocenters. The molecule has 0 aromatic heterocycles. The van der Waals surface area contributed by atoms with E-state index in [-0.39, 0.29) is 22.8 Å². The third-order valence-electron chi connectivity index (χ3n) is 3.45. The molecule has 0 radical (unpaired) electrons. The van der Waals surface area contributed by atoms with Gasteiger partial charge in [0, 0.05) is 36.8 Å². The van der Waals surface area contributed by atoms with Crippen molar-refractivity contribution in [3.05, 3.63) is 33.9 Å². The van der Waals surface area contributed by atoms with Crippen LogP contribution < -0.4 is 4.90 Å². The fraction of sp³-hybridized carbons (Fsp3) is 0.600. The molecule has 1 aliphatic heterocycles. The molecule has 116 valence electrons. The molecule has 1 aromatic carbocycles. The summed E-state index contributed by atoms with van der Waals surface area (Å²) in [6.45, 7) is 9.63. The minimum Gasteiger partial charge on any atom is -0.366 e. The van der Waals surface area contributed by atoms with Crippen molar-refractivity contribution in [2.75, 3.05) is 18.0 Å². The largest absolute Gasteiger partial charge is 0.366 e. The molecule has 0 aliphatic carbocycles. The minimum atomic E-state index is -0.396. The van der Waals surface area contributed by atoms with Gasteiger partial charge in [-0.15, -0.1) is 11.6 Å². The summed E-state index contributed by atoms with van der Waals surface area (Å²) in [5.41, 5.74) is 1.22. The molecule has 0 N–H and O–H groups in total. The summed E-state index contributed by atoms with van der Waals surface area (Å²) in [4.78, 5) is 12.7. The molecule has 2 rings (SSSR count). The van der Waals surface area contributed by atoms with Crippen molar-refractivity contribution in [3.8, 4) is 0 Å². The van der Waals surface area contributed by atoms with Crippen molar-refractivity contribution >= 4 is 23.0 Å². The van der Waals surface area contributed by atoms with Gasteiger partial charge < -0.3 is 9.64 Å². The maximum atomic E-state index is 10.9. The van der Waals surface area contributed by atoms with Gasteiger partial charge in [0.15, 0.2) is 0 Å². The zero-order chi connectivity index (χ0) is 15.8. The highest BCUT2D eigenvalue weighted by atomic mass is 35.5. The Morgan fingerprint density at radius 2 is 1.86 bits per heavy atom. The Morgan fingerprint density at radius 3 is 2.33 bits per heavy atom. The van der Waals surface area contributed by atoms with Crippen LogP contribution in [0.25, 0.3) is 0 Å². The number of halogens is 1. The molecule has 0 unspecified atom stereocenters. The van der Waals surface area contributed by atoms with Gasteiger partial charge in [-0.1, -0.05) is 0 Å². The molecule has 1 heterocycles. The maximum absolute atomic E-state index is 10.9. The molecule has 0 spiro atoms. The molecule has 0 saturated carbocycles. The number of non-ortho nitro benzene ring substituents is 1. The van der Waals surface area contributed by atoms with Crippen LogP contribution in [0, 0.1) is 10.1 Å². The van der Waals surface area contributed by atoms with E-state index in [2.05, 4.69) is 4.90 Å². The smallest absolute Gasteiger partial charge is 0.269 e. The molecule has 5 nitrogen and oxygen atoms in total. The number of benzene rings is 1. The van der Waals surface area contributed by atoms with Gasteiger partial charge >= 0.3 is 0 Å². The first-order chi connectivity index (χ1) is 9.63. The lowest BCUT2D eigenvalue weighted by atomic mass is 9.97. The third kappa shape index (κ3) is 3.66. The first kappa shape index (κ1) is 16.0. The highest BCUT2D eigenvalue weighted by Gasteiger charge is 2.38. The van der Waals surface area contributed by atoms with E-state index in [0.717, 1.165) is 24.3 Å². The highest BCUT2D eigenvalue weighted by Crippen LogP contribution is 2.34. The Morgan fingerprint density at radius 1 is 1.29 bits per heavy atom. The summed E-state index contributed by atoms with van der Waals surface area (Å²) >= 11 is 5.99. The average Bonchev–Trinajstić information content (AvgIpc) is 2.34. The van der Waals surface area contributed by atoms with Crippen LogP contribution in [0.5, 0.6) is 0 Å². The van der Waals surface area contributed by atoms with Gasteiger partial charge in [-0.25, -0.2) is 0 Å². The molecule has 1 saturated heterocycles. The number of anilines is 1. The van der Waals surface area contributed by atoms with E-state index in [4.69, 9.17) is 16.3 Å². The zero-order valence-electron chi connectivity index (χ0n) is 12.9. The Balaban J connectivity index is 2.39. The lowest BCUT2D eigenvalue weighted by molar-refractivity contribution is -0.384. The van der Waals surface area contributed by atoms with Gasteiger partial charge in [-0.3, -0.25) is 10.1 Å². The number of hydrogen-bond acceptors (Lipinski definition) is 4. The Kier molecular flexibility index (Phi) is 4.17. The van der Waals surface area contributed by atoms with E-state index < -0.39 is 4.92 Å². The van der Waals surface area contributed by atoms with Gasteiger partial charge in [-0.2, -0.15) is 0 Å². The maximum Gasteiger partial charge on any atom is 0.269 e. The summed E-state index contributed by atoms with van der Waals surface area (Å²) in [6.07, 6.45) is 0. The number of alkyl halides is 1. The van der Waals surface area contributed by atoms with Crippen molar-refractivity contribution in [3.63, 3.8) is 0 Å². The molecule has 21 heavy (non-hydrogen) atoms. The van der Waals surface area contributed by atoms with Gasteiger partial charge in [0.2, 0.25) is 0 Å². The van der Waals surface area contributed by atoms with Crippen LogP contribution >= 0.6 is 11.6 Å². The fourth-order valence-electron chi connectivity index (χ4n) is 3.06. The molecular formula is C15H21ClN2O3. The standard InChI is InChI=1S/C15H21ClN2O3/c1-14(2)9-17(10-15(3,4)21-14)13-6-5-12(18(19)20)7-11(13)8-16/h5-7H,8-10H2,1-4H3. The van der Waals surface area contributed by atoms with Gasteiger partial charge in [-0.05, 0) is 39.3 Å². The number of nitrogens with zero attached hydrogens (tertiary/aromatic N) is 2. The van der Waals surface area contributed by atoms with Crippen molar-refractivity contribution in [2.45, 2.75) is 44.8 Å². The SMILES string of the molecule is CC1(C)CN(c2ccc([N+](=O)[O-])cc2CCl)CC(C)(C)O1. The van der Waals surface area contributed by atoms with Crippen LogP contribution in [0.3, 0.4) is 0 Å². The van der Waals surface area contributed by atoms with Crippen molar-refractivity contribution in [2.24, 2.45) is 0 Å². The molecule has 1 fully saturated rings. The van der Waals surface area contributed by atoms with Crippen LogP contribution in [0.15, 0.2) is 18.2 Å². The number of morpholine rings is 1. The lowest BCUT2D eigenvalue weighted by Gasteiger charge is -2.48. The number of nitro benzene ring substituents is 1. The second kappa shape index (κ2) is 5.46. The van der Waals surface area contributed by atoms with E-state index in [0.29, 0.717) is 0 Å². The second-order valence-electron chi connectivity index (χ2n) is 6.68. The molecule has 1 aliphatic rings. The van der Waals surface area contributed by atoms with Crippen LogP contribution in [0.4, 0.5) is 11.4 Å². The average molecular weight is 313 g/mol. The van der Waals surface area contributed by atoms with Crippen molar-refractivity contribution < 1.29 is 9.66 Å². The summed E-state index contributed by atoms with van der Waals surface area (Å²) in [5, 5.41) is 10.9. The number of hydrogen-bond donors (Lipinski definition) is 0. The van der Waals surface area contributed by atoms with E-state index in [9.17, 15) is 10.1 Å². The molecular weight excluding hydrogens is 292 g/mol. The number of rotatable bonds is 3. The highest BCUT2D eigenvalue weighted by molar-refractivity contribution is 6.17. The quantitative estimate of drug-likeness (QED) is 0.485. The number of nitro groups is 1. The predicted molar refractivity (Wildman–Crippen MR) is 84.1 cm³/mol. The summed E-state index contributed by atoms with van der Waals surface area (Å²) in [7, 11) is 0. The van der Waals surface area contributed by atoms with Crippen molar-refractivity contribution in [1.82, 2.24) is 0 Å². The van der Waals surface area contributed by atoms with Gasteiger partial charge in [0.1, 0.15) is 0 Å². The first-order valence-electron chi connectivity index (χ1n) is 6.92. The number of ether oxygens (including phenoxy) is 1. The molecule has 0 bridgehead atoms. The monoisotopic (exact) mass is 312 g/mol. The Bertz CT molecular complexity index is 542. The van der Waals surface area contributed by atoms with Crippen molar-refractivity contribution in [1.29, 1.82) is 0 Å². The van der Waals surface area contributed by atoms with Gasteiger partial charge in [0.05, 0.1) is 16.1 Å². The van der Waals surface area contributed by atoms with Gasteiger partial charge in [0.25, 0.3) is 5.69 Å². The minimum absolute atomic E-state index is 0.0705. The third-order valence-corrected chi connectivity index (χ3v) is 3.74. The summed E-state index contributed by atoms with van der Waals surface area (Å²) in [6, 6.07) is 4.87. The summed E-state index contributed by atoms with van der Waals surface area (Å²) in [5.74, 6) is 0.245. The first-order valence-corrected chi connectivity index (χ1v) is 7.45. The van der Waals surface area contributed by atoms with Crippen LogP contribution in [-0.2, 0) is 10.6 Å². The van der Waals surface area contributed by atoms with E-state index in [1.165, 1.54) is 6.07 Å². The Labute approximate surface area is 130 Å². The normalized spacial score (nSPS) is 20.3. The van der Waals surface area contributed by atoms with Crippen LogP contribution in [-0.4, -0.2) is 29.2 Å². The molecule has 0 amide bonds. The fourth-order valence-corrected chi connectivity index (χ4v) is 3.27. The zero-order valence-corrected chi connectivity index (χ0v) is 13.6. The van der Waals surface area contributed by atoms with Crippen LogP contribution in [0.2, 0.25) is 0 Å².